The number of amides is 1. The third-order valence-corrected chi connectivity index (χ3v) is 5.08. The van der Waals surface area contributed by atoms with Crippen LogP contribution in [0.4, 0.5) is 0 Å². The molecule has 0 fully saturated rings. The number of aliphatic hydroxyl groups excluding tert-OH is 1. The Morgan fingerprint density at radius 1 is 1.61 bits per heavy atom. The maximum atomic E-state index is 11.8. The van der Waals surface area contributed by atoms with Gasteiger partial charge in [-0.1, -0.05) is 20.8 Å². The van der Waals surface area contributed by atoms with Crippen molar-refractivity contribution >= 4 is 33.2 Å². The molecule has 2 N–H and O–H groups in total. The number of rotatable bonds is 6. The van der Waals surface area contributed by atoms with Crippen molar-refractivity contribution in [2.45, 2.75) is 32.6 Å². The van der Waals surface area contributed by atoms with Crippen LogP contribution in [-0.2, 0) is 10.2 Å². The predicted molar refractivity (Wildman–Crippen MR) is 78.9 cm³/mol. The van der Waals surface area contributed by atoms with E-state index < -0.39 is 0 Å². The molecule has 102 valence electrons. The molecule has 0 aliphatic carbocycles. The van der Waals surface area contributed by atoms with Crippen molar-refractivity contribution < 1.29 is 9.90 Å². The largest absolute Gasteiger partial charge is 0.396 e. The molecule has 0 saturated carbocycles. The lowest BCUT2D eigenvalue weighted by Crippen LogP contribution is -2.40. The molecule has 1 amide bonds. The average molecular weight is 334 g/mol. The van der Waals surface area contributed by atoms with E-state index in [0.29, 0.717) is 13.0 Å². The first-order valence-electron chi connectivity index (χ1n) is 6.03. The second-order valence-corrected chi connectivity index (χ2v) is 6.85. The van der Waals surface area contributed by atoms with Crippen LogP contribution in [0.3, 0.4) is 0 Å². The van der Waals surface area contributed by atoms with Gasteiger partial charge >= 0.3 is 0 Å². The zero-order chi connectivity index (χ0) is 13.8. The van der Waals surface area contributed by atoms with E-state index in [-0.39, 0.29) is 23.8 Å². The van der Waals surface area contributed by atoms with Crippen molar-refractivity contribution in [3.8, 4) is 0 Å². The van der Waals surface area contributed by atoms with Crippen LogP contribution < -0.4 is 5.32 Å². The number of carbonyl (C=O) groups excluding carboxylic acids is 1. The molecule has 1 aromatic heterocycles. The van der Waals surface area contributed by atoms with Gasteiger partial charge in [0.2, 0.25) is 5.91 Å². The Balaban J connectivity index is 2.59. The van der Waals surface area contributed by atoms with E-state index in [9.17, 15) is 4.79 Å². The summed E-state index contributed by atoms with van der Waals surface area (Å²) in [6.07, 6.45) is 0.660. The lowest BCUT2D eigenvalue weighted by molar-refractivity contribution is -0.126. The molecular formula is C13H20BrNO2S. The number of hydrogen-bond donors (Lipinski definition) is 2. The first kappa shape index (κ1) is 15.7. The summed E-state index contributed by atoms with van der Waals surface area (Å²) < 4.78 is 1.07. The Bertz CT molecular complexity index is 399. The minimum absolute atomic E-state index is 0.0660. The molecule has 1 atom stereocenters. The molecule has 0 bridgehead atoms. The molecule has 3 nitrogen and oxygen atoms in total. The molecule has 18 heavy (non-hydrogen) atoms. The predicted octanol–water partition coefficient (Wildman–Crippen LogP) is 2.92. The fourth-order valence-electron chi connectivity index (χ4n) is 1.60. The molecule has 0 aliphatic rings. The van der Waals surface area contributed by atoms with E-state index in [1.54, 1.807) is 11.3 Å². The normalized spacial score (nSPS) is 13.4. The van der Waals surface area contributed by atoms with Crippen LogP contribution in [0.25, 0.3) is 0 Å². The van der Waals surface area contributed by atoms with Crippen LogP contribution in [0.2, 0.25) is 0 Å². The van der Waals surface area contributed by atoms with E-state index >= 15 is 0 Å². The number of carbonyl (C=O) groups is 1. The summed E-state index contributed by atoms with van der Waals surface area (Å²) in [4.78, 5) is 13.0. The number of halogens is 1. The first-order chi connectivity index (χ1) is 8.40. The molecule has 1 rings (SSSR count). The molecule has 0 aromatic carbocycles. The van der Waals surface area contributed by atoms with Gasteiger partial charge in [0, 0.05) is 26.7 Å². The fourth-order valence-corrected chi connectivity index (χ4v) is 3.16. The Morgan fingerprint density at radius 3 is 2.72 bits per heavy atom. The molecule has 0 aliphatic heterocycles. The fraction of sp³-hybridized carbons (Fsp3) is 0.615. The lowest BCUT2D eigenvalue weighted by atomic mass is 9.91. The second kappa shape index (κ2) is 6.68. The monoisotopic (exact) mass is 333 g/mol. The standard InChI is InChI=1S/C13H20BrNO2S/c1-4-9(6-16)12(17)15-8-13(2,3)11-5-10(14)7-18-11/h5,7,9,16H,4,6,8H2,1-3H3,(H,15,17). The van der Waals surface area contributed by atoms with Gasteiger partial charge in [-0.05, 0) is 28.4 Å². The highest BCUT2D eigenvalue weighted by Crippen LogP contribution is 2.31. The molecule has 0 saturated heterocycles. The zero-order valence-electron chi connectivity index (χ0n) is 11.0. The molecular weight excluding hydrogens is 314 g/mol. The molecule has 5 heteroatoms. The van der Waals surface area contributed by atoms with Crippen LogP contribution in [0.15, 0.2) is 15.9 Å². The van der Waals surface area contributed by atoms with Crippen molar-refractivity contribution in [2.24, 2.45) is 5.92 Å². The summed E-state index contributed by atoms with van der Waals surface area (Å²) in [6, 6.07) is 2.08. The van der Waals surface area contributed by atoms with Crippen LogP contribution in [0.5, 0.6) is 0 Å². The van der Waals surface area contributed by atoms with Crippen LogP contribution in [-0.4, -0.2) is 24.2 Å². The van der Waals surface area contributed by atoms with Crippen LogP contribution in [0.1, 0.15) is 32.1 Å². The number of aliphatic hydroxyl groups is 1. The first-order valence-corrected chi connectivity index (χ1v) is 7.71. The van der Waals surface area contributed by atoms with Gasteiger partial charge < -0.3 is 10.4 Å². The third kappa shape index (κ3) is 4.07. The van der Waals surface area contributed by atoms with Gasteiger partial charge in [0.05, 0.1) is 12.5 Å². The topological polar surface area (TPSA) is 49.3 Å². The molecule has 0 radical (unpaired) electrons. The summed E-state index contributed by atoms with van der Waals surface area (Å²) in [5.41, 5.74) is -0.0971. The number of thiophene rings is 1. The van der Waals surface area contributed by atoms with Crippen LogP contribution in [0, 0.1) is 5.92 Å². The van der Waals surface area contributed by atoms with Gasteiger partial charge in [-0.3, -0.25) is 4.79 Å². The number of hydrogen-bond acceptors (Lipinski definition) is 3. The van der Waals surface area contributed by atoms with Crippen molar-refractivity contribution in [3.63, 3.8) is 0 Å². The van der Waals surface area contributed by atoms with E-state index in [1.165, 1.54) is 4.88 Å². The van der Waals surface area contributed by atoms with Crippen molar-refractivity contribution in [1.29, 1.82) is 0 Å². The summed E-state index contributed by atoms with van der Waals surface area (Å²) in [7, 11) is 0. The lowest BCUT2D eigenvalue weighted by Gasteiger charge is -2.24. The van der Waals surface area contributed by atoms with Crippen molar-refractivity contribution in [2.75, 3.05) is 13.2 Å². The third-order valence-electron chi connectivity index (χ3n) is 3.02. The minimum Gasteiger partial charge on any atom is -0.396 e. The minimum atomic E-state index is -0.295. The van der Waals surface area contributed by atoms with Gasteiger partial charge in [0.1, 0.15) is 0 Å². The Morgan fingerprint density at radius 2 is 2.28 bits per heavy atom. The second-order valence-electron chi connectivity index (χ2n) is 5.02. The smallest absolute Gasteiger partial charge is 0.225 e. The summed E-state index contributed by atoms with van der Waals surface area (Å²) >= 11 is 5.12. The van der Waals surface area contributed by atoms with E-state index in [2.05, 4.69) is 41.2 Å². The Hall–Kier alpha value is -0.390. The van der Waals surface area contributed by atoms with E-state index in [0.717, 1.165) is 4.47 Å². The van der Waals surface area contributed by atoms with Gasteiger partial charge in [-0.2, -0.15) is 0 Å². The van der Waals surface area contributed by atoms with E-state index in [4.69, 9.17) is 5.11 Å². The highest BCUT2D eigenvalue weighted by Gasteiger charge is 2.24. The maximum Gasteiger partial charge on any atom is 0.225 e. The average Bonchev–Trinajstić information content (AvgIpc) is 2.76. The summed E-state index contributed by atoms with van der Waals surface area (Å²) in [5, 5.41) is 14.0. The molecule has 0 spiro atoms. The van der Waals surface area contributed by atoms with Gasteiger partial charge in [0.25, 0.3) is 0 Å². The SMILES string of the molecule is CCC(CO)C(=O)NCC(C)(C)c1cc(Br)cs1. The van der Waals surface area contributed by atoms with Crippen molar-refractivity contribution in [1.82, 2.24) is 5.32 Å². The van der Waals surface area contributed by atoms with Gasteiger partial charge in [-0.15, -0.1) is 11.3 Å². The van der Waals surface area contributed by atoms with Gasteiger partial charge in [-0.25, -0.2) is 0 Å². The quantitative estimate of drug-likeness (QED) is 0.840. The van der Waals surface area contributed by atoms with Crippen LogP contribution >= 0.6 is 27.3 Å². The van der Waals surface area contributed by atoms with Crippen molar-refractivity contribution in [3.05, 3.63) is 20.8 Å². The highest BCUT2D eigenvalue weighted by atomic mass is 79.9. The summed E-state index contributed by atoms with van der Waals surface area (Å²) in [5.74, 6) is -0.362. The highest BCUT2D eigenvalue weighted by molar-refractivity contribution is 9.10. The Labute approximate surface area is 121 Å². The number of nitrogens with one attached hydrogen (secondary N) is 1. The molecule has 1 aromatic rings. The molecule has 1 unspecified atom stereocenters. The summed E-state index contributed by atoms with van der Waals surface area (Å²) in [6.45, 7) is 6.60. The maximum absolute atomic E-state index is 11.8. The zero-order valence-corrected chi connectivity index (χ0v) is 13.4. The Kier molecular flexibility index (Phi) is 5.82. The van der Waals surface area contributed by atoms with E-state index in [1.807, 2.05) is 12.3 Å². The van der Waals surface area contributed by atoms with Gasteiger partial charge in [0.15, 0.2) is 0 Å². The molecule has 1 heterocycles.